The first-order chi connectivity index (χ1) is 8.16. The summed E-state index contributed by atoms with van der Waals surface area (Å²) < 4.78 is 0. The normalized spacial score (nSPS) is 12.6. The lowest BCUT2D eigenvalue weighted by atomic mass is 10.1. The van der Waals surface area contributed by atoms with Gasteiger partial charge in [0.25, 0.3) is 0 Å². The van der Waals surface area contributed by atoms with Crippen LogP contribution in [0.1, 0.15) is 10.4 Å². The average molecular weight is 288 g/mol. The Labute approximate surface area is 114 Å². The Hall–Kier alpha value is -0.610. The molecule has 2 nitrogen and oxygen atoms in total. The number of halogens is 2. The molecule has 1 N–H and O–H groups in total. The van der Waals surface area contributed by atoms with Crippen LogP contribution in [0.15, 0.2) is 29.9 Å². The molecule has 0 radical (unpaired) electrons. The molecule has 0 fully saturated rings. The second-order valence-corrected chi connectivity index (χ2v) is 5.52. The minimum Gasteiger partial charge on any atom is -0.392 e. The zero-order chi connectivity index (χ0) is 12.3. The predicted octanol–water partition coefficient (Wildman–Crippen LogP) is 3.60. The molecule has 0 aliphatic rings. The Morgan fingerprint density at radius 1 is 1.24 bits per heavy atom. The fourth-order valence-corrected chi connectivity index (χ4v) is 2.83. The smallest absolute Gasteiger partial charge is 0.0794 e. The van der Waals surface area contributed by atoms with E-state index in [0.717, 1.165) is 10.4 Å². The lowest BCUT2D eigenvalue weighted by Crippen LogP contribution is -2.13. The summed E-state index contributed by atoms with van der Waals surface area (Å²) in [4.78, 5) is 5.03. The summed E-state index contributed by atoms with van der Waals surface area (Å²) >= 11 is 13.6. The van der Waals surface area contributed by atoms with Gasteiger partial charge in [-0.15, -0.1) is 11.3 Å². The molecule has 2 aromatic rings. The maximum atomic E-state index is 9.98. The van der Waals surface area contributed by atoms with Gasteiger partial charge in [-0.1, -0.05) is 29.3 Å². The second-order valence-electron chi connectivity index (χ2n) is 3.73. The van der Waals surface area contributed by atoms with Crippen LogP contribution in [0.5, 0.6) is 0 Å². The van der Waals surface area contributed by atoms with Crippen molar-refractivity contribution in [3.8, 4) is 0 Å². The van der Waals surface area contributed by atoms with Crippen molar-refractivity contribution >= 4 is 34.5 Å². The monoisotopic (exact) mass is 287 g/mol. The quantitative estimate of drug-likeness (QED) is 0.932. The van der Waals surface area contributed by atoms with E-state index in [1.807, 2.05) is 0 Å². The first-order valence-corrected chi connectivity index (χ1v) is 6.78. The Kier molecular flexibility index (Phi) is 4.40. The maximum absolute atomic E-state index is 9.98. The summed E-state index contributed by atoms with van der Waals surface area (Å²) in [5, 5.41) is 11.2. The van der Waals surface area contributed by atoms with Crippen molar-refractivity contribution in [1.82, 2.24) is 4.98 Å². The molecule has 1 aromatic heterocycles. The van der Waals surface area contributed by atoms with Gasteiger partial charge in [-0.3, -0.25) is 4.98 Å². The summed E-state index contributed by atoms with van der Waals surface area (Å²) in [6.45, 7) is 0. The van der Waals surface area contributed by atoms with E-state index >= 15 is 0 Å². The van der Waals surface area contributed by atoms with Gasteiger partial charge in [0.1, 0.15) is 0 Å². The summed E-state index contributed by atoms with van der Waals surface area (Å²) in [7, 11) is 0. The van der Waals surface area contributed by atoms with Crippen LogP contribution in [-0.2, 0) is 12.8 Å². The van der Waals surface area contributed by atoms with Gasteiger partial charge in [-0.25, -0.2) is 0 Å². The molecule has 1 aromatic carbocycles. The predicted molar refractivity (Wildman–Crippen MR) is 72.0 cm³/mol. The van der Waals surface area contributed by atoms with Crippen LogP contribution in [0, 0.1) is 0 Å². The van der Waals surface area contributed by atoms with Crippen LogP contribution < -0.4 is 0 Å². The van der Waals surface area contributed by atoms with Crippen LogP contribution in [0.25, 0.3) is 0 Å². The Morgan fingerprint density at radius 2 is 1.94 bits per heavy atom. The molecule has 0 saturated carbocycles. The van der Waals surface area contributed by atoms with Gasteiger partial charge in [0, 0.05) is 34.0 Å². The molecular formula is C12H11Cl2NOS. The minimum atomic E-state index is -0.493. The van der Waals surface area contributed by atoms with E-state index < -0.39 is 6.10 Å². The van der Waals surface area contributed by atoms with Gasteiger partial charge >= 0.3 is 0 Å². The molecule has 90 valence electrons. The standard InChI is InChI=1S/C12H11Cl2NOS/c13-11-2-1-3-12(14)10(11)5-8(16)4-9-6-15-7-17-9/h1-3,6-8,16H,4-5H2. The number of rotatable bonds is 4. The van der Waals surface area contributed by atoms with Crippen molar-refractivity contribution in [2.75, 3.05) is 0 Å². The number of hydrogen-bond donors (Lipinski definition) is 1. The summed E-state index contributed by atoms with van der Waals surface area (Å²) in [6.07, 6.45) is 2.30. The fraction of sp³-hybridized carbons (Fsp3) is 0.250. The summed E-state index contributed by atoms with van der Waals surface area (Å²) in [6, 6.07) is 5.36. The van der Waals surface area contributed by atoms with E-state index in [1.165, 1.54) is 11.3 Å². The highest BCUT2D eigenvalue weighted by atomic mass is 35.5. The topological polar surface area (TPSA) is 33.1 Å². The zero-order valence-electron chi connectivity index (χ0n) is 8.94. The van der Waals surface area contributed by atoms with E-state index in [4.69, 9.17) is 23.2 Å². The third-order valence-electron chi connectivity index (χ3n) is 2.42. The van der Waals surface area contributed by atoms with Crippen LogP contribution in [-0.4, -0.2) is 16.2 Å². The molecule has 0 aliphatic heterocycles. The second kappa shape index (κ2) is 5.83. The van der Waals surface area contributed by atoms with E-state index in [-0.39, 0.29) is 0 Å². The third kappa shape index (κ3) is 3.42. The minimum absolute atomic E-state index is 0.455. The molecule has 2 rings (SSSR count). The molecule has 0 amide bonds. The van der Waals surface area contributed by atoms with Crippen molar-refractivity contribution in [3.05, 3.63) is 50.4 Å². The molecule has 0 spiro atoms. The summed E-state index contributed by atoms with van der Waals surface area (Å²) in [5.41, 5.74) is 2.55. The molecule has 0 saturated heterocycles. The van der Waals surface area contributed by atoms with Crippen molar-refractivity contribution < 1.29 is 5.11 Å². The Morgan fingerprint density at radius 3 is 2.53 bits per heavy atom. The van der Waals surface area contributed by atoms with Gasteiger partial charge in [0.15, 0.2) is 0 Å². The first kappa shape index (κ1) is 12.8. The van der Waals surface area contributed by atoms with E-state index in [2.05, 4.69) is 4.98 Å². The Balaban J connectivity index is 2.05. The molecule has 5 heteroatoms. The molecule has 17 heavy (non-hydrogen) atoms. The molecule has 1 heterocycles. The van der Waals surface area contributed by atoms with E-state index in [9.17, 15) is 5.11 Å². The van der Waals surface area contributed by atoms with Crippen molar-refractivity contribution in [3.63, 3.8) is 0 Å². The maximum Gasteiger partial charge on any atom is 0.0794 e. The van der Waals surface area contributed by atoms with Gasteiger partial charge in [0.05, 0.1) is 11.6 Å². The molecule has 1 atom stereocenters. The number of aliphatic hydroxyl groups excluding tert-OH is 1. The molecule has 0 bridgehead atoms. The van der Waals surface area contributed by atoms with Crippen LogP contribution in [0.2, 0.25) is 10.0 Å². The zero-order valence-corrected chi connectivity index (χ0v) is 11.3. The van der Waals surface area contributed by atoms with Gasteiger partial charge in [0.2, 0.25) is 0 Å². The molecule has 1 unspecified atom stereocenters. The van der Waals surface area contributed by atoms with E-state index in [1.54, 1.807) is 29.9 Å². The van der Waals surface area contributed by atoms with Crippen molar-refractivity contribution in [2.45, 2.75) is 18.9 Å². The number of benzene rings is 1. The highest BCUT2D eigenvalue weighted by molar-refractivity contribution is 7.09. The number of thiazole rings is 1. The van der Waals surface area contributed by atoms with Gasteiger partial charge in [-0.05, 0) is 17.7 Å². The number of aliphatic hydroxyl groups is 1. The SMILES string of the molecule is OC(Cc1cncs1)Cc1c(Cl)cccc1Cl. The number of aromatic nitrogens is 1. The van der Waals surface area contributed by atoms with E-state index in [0.29, 0.717) is 22.9 Å². The van der Waals surface area contributed by atoms with Crippen LogP contribution in [0.4, 0.5) is 0 Å². The number of hydrogen-bond acceptors (Lipinski definition) is 3. The average Bonchev–Trinajstić information content (AvgIpc) is 2.76. The largest absolute Gasteiger partial charge is 0.392 e. The van der Waals surface area contributed by atoms with Crippen LogP contribution >= 0.6 is 34.5 Å². The van der Waals surface area contributed by atoms with Crippen molar-refractivity contribution in [2.24, 2.45) is 0 Å². The molecular weight excluding hydrogens is 277 g/mol. The highest BCUT2D eigenvalue weighted by Gasteiger charge is 2.12. The first-order valence-electron chi connectivity index (χ1n) is 5.15. The third-order valence-corrected chi connectivity index (χ3v) is 3.93. The fourth-order valence-electron chi connectivity index (χ4n) is 1.61. The molecule has 0 aliphatic carbocycles. The van der Waals surface area contributed by atoms with Gasteiger partial charge in [-0.2, -0.15) is 0 Å². The number of nitrogens with zero attached hydrogens (tertiary/aromatic N) is 1. The highest BCUT2D eigenvalue weighted by Crippen LogP contribution is 2.26. The van der Waals surface area contributed by atoms with Crippen LogP contribution in [0.3, 0.4) is 0 Å². The lowest BCUT2D eigenvalue weighted by Gasteiger charge is -2.12. The van der Waals surface area contributed by atoms with Crippen molar-refractivity contribution in [1.29, 1.82) is 0 Å². The lowest BCUT2D eigenvalue weighted by molar-refractivity contribution is 0.176. The summed E-state index contributed by atoms with van der Waals surface area (Å²) in [5.74, 6) is 0. The van der Waals surface area contributed by atoms with Gasteiger partial charge < -0.3 is 5.11 Å². The Bertz CT molecular complexity index is 467.